The first-order chi connectivity index (χ1) is 13.9. The Morgan fingerprint density at radius 2 is 1.86 bits per heavy atom. The number of hydrogen-bond donors (Lipinski definition) is 1. The molecule has 0 aromatic carbocycles. The van der Waals surface area contributed by atoms with Gasteiger partial charge in [-0.1, -0.05) is 6.07 Å². The molecule has 1 N–H and O–H groups in total. The molecule has 3 rings (SSSR count). The Labute approximate surface area is 169 Å². The van der Waals surface area contributed by atoms with E-state index in [0.29, 0.717) is 33.9 Å². The molecule has 0 saturated heterocycles. The molecule has 1 aliphatic heterocycles. The van der Waals surface area contributed by atoms with E-state index in [4.69, 9.17) is 13.9 Å². The van der Waals surface area contributed by atoms with E-state index in [-0.39, 0.29) is 12.7 Å². The monoisotopic (exact) mass is 396 g/mol. The van der Waals surface area contributed by atoms with Gasteiger partial charge in [0.05, 0.1) is 29.4 Å². The molecule has 29 heavy (non-hydrogen) atoms. The summed E-state index contributed by atoms with van der Waals surface area (Å²) < 4.78 is 16.1. The molecule has 0 saturated carbocycles. The zero-order chi connectivity index (χ0) is 21.0. The molecule has 2 aromatic rings. The van der Waals surface area contributed by atoms with E-state index < -0.39 is 17.9 Å². The number of furan rings is 1. The van der Waals surface area contributed by atoms with Gasteiger partial charge in [-0.25, -0.2) is 9.59 Å². The van der Waals surface area contributed by atoms with Crippen LogP contribution in [0.5, 0.6) is 0 Å². The van der Waals surface area contributed by atoms with Crippen LogP contribution in [-0.2, 0) is 25.7 Å². The third-order valence-electron chi connectivity index (χ3n) is 4.49. The van der Waals surface area contributed by atoms with E-state index in [9.17, 15) is 9.59 Å². The fraction of sp³-hybridized carbons (Fsp3) is 0.318. The van der Waals surface area contributed by atoms with E-state index in [1.54, 1.807) is 58.3 Å². The number of ether oxygens (including phenoxy) is 2. The zero-order valence-electron chi connectivity index (χ0n) is 16.9. The quantitative estimate of drug-likeness (QED) is 0.746. The van der Waals surface area contributed by atoms with Crippen molar-refractivity contribution in [1.29, 1.82) is 0 Å². The Hall–Kier alpha value is -3.35. The van der Waals surface area contributed by atoms with Gasteiger partial charge in [0.2, 0.25) is 0 Å². The fourth-order valence-corrected chi connectivity index (χ4v) is 3.30. The Bertz CT molecular complexity index is 943. The molecule has 3 heterocycles. The summed E-state index contributed by atoms with van der Waals surface area (Å²) in [5.41, 5.74) is 2.65. The van der Waals surface area contributed by atoms with Gasteiger partial charge in [-0.05, 0) is 51.5 Å². The minimum absolute atomic E-state index is 0.00313. The number of carbonyl (C=O) groups is 2. The summed E-state index contributed by atoms with van der Waals surface area (Å²) in [6.07, 6.45) is 4.50. The van der Waals surface area contributed by atoms with Crippen LogP contribution in [0.4, 0.5) is 0 Å². The summed E-state index contributed by atoms with van der Waals surface area (Å²) in [5, 5.41) is 3.12. The van der Waals surface area contributed by atoms with Gasteiger partial charge < -0.3 is 19.2 Å². The first kappa shape index (κ1) is 20.4. The van der Waals surface area contributed by atoms with E-state index in [0.717, 1.165) is 0 Å². The van der Waals surface area contributed by atoms with Crippen LogP contribution in [0.15, 0.2) is 69.9 Å². The molecule has 0 fully saturated rings. The SMILES string of the molecule is CC1=C(C(=O)OCc2ccco2)C(c2cccnc2)C(C(=O)OC(C)C)=C(C)N1. The molecule has 1 unspecified atom stereocenters. The van der Waals surface area contributed by atoms with Crippen LogP contribution in [0.3, 0.4) is 0 Å². The van der Waals surface area contributed by atoms with Gasteiger partial charge in [0, 0.05) is 23.8 Å². The van der Waals surface area contributed by atoms with Crippen molar-refractivity contribution in [1.82, 2.24) is 10.3 Å². The van der Waals surface area contributed by atoms with Crippen LogP contribution < -0.4 is 5.32 Å². The van der Waals surface area contributed by atoms with Crippen LogP contribution in [0, 0.1) is 0 Å². The van der Waals surface area contributed by atoms with Crippen LogP contribution in [0.1, 0.15) is 44.9 Å². The first-order valence-electron chi connectivity index (χ1n) is 9.37. The molecule has 1 atom stereocenters. The maximum Gasteiger partial charge on any atom is 0.337 e. The van der Waals surface area contributed by atoms with Gasteiger partial charge in [-0.3, -0.25) is 4.98 Å². The van der Waals surface area contributed by atoms with Crippen LogP contribution in [-0.4, -0.2) is 23.0 Å². The molecule has 0 aliphatic carbocycles. The van der Waals surface area contributed by atoms with Crippen molar-refractivity contribution in [2.75, 3.05) is 0 Å². The second-order valence-corrected chi connectivity index (χ2v) is 7.03. The number of nitrogens with zero attached hydrogens (tertiary/aromatic N) is 1. The van der Waals surface area contributed by atoms with Crippen molar-refractivity contribution in [3.05, 3.63) is 76.8 Å². The van der Waals surface area contributed by atoms with Gasteiger partial charge in [-0.15, -0.1) is 0 Å². The molecular weight excluding hydrogens is 372 g/mol. The topological polar surface area (TPSA) is 90.7 Å². The third-order valence-corrected chi connectivity index (χ3v) is 4.49. The van der Waals surface area contributed by atoms with Gasteiger partial charge in [0.25, 0.3) is 0 Å². The number of rotatable bonds is 6. The van der Waals surface area contributed by atoms with Crippen molar-refractivity contribution in [3.8, 4) is 0 Å². The van der Waals surface area contributed by atoms with E-state index >= 15 is 0 Å². The number of allylic oxidation sites excluding steroid dienone is 2. The van der Waals surface area contributed by atoms with Crippen LogP contribution in [0.2, 0.25) is 0 Å². The molecule has 7 nitrogen and oxygen atoms in total. The highest BCUT2D eigenvalue weighted by atomic mass is 16.5. The molecule has 7 heteroatoms. The van der Waals surface area contributed by atoms with Crippen molar-refractivity contribution in [2.45, 2.75) is 46.3 Å². The lowest BCUT2D eigenvalue weighted by molar-refractivity contribution is -0.143. The van der Waals surface area contributed by atoms with Gasteiger partial charge in [0.15, 0.2) is 0 Å². The average Bonchev–Trinajstić information content (AvgIpc) is 3.19. The number of hydrogen-bond acceptors (Lipinski definition) is 7. The number of dihydropyridines is 1. The Kier molecular flexibility index (Phi) is 6.16. The predicted octanol–water partition coefficient (Wildman–Crippen LogP) is 3.60. The highest BCUT2D eigenvalue weighted by Gasteiger charge is 2.38. The first-order valence-corrected chi connectivity index (χ1v) is 9.37. The summed E-state index contributed by atoms with van der Waals surface area (Å²) in [6.45, 7) is 7.12. The lowest BCUT2D eigenvalue weighted by Gasteiger charge is -2.30. The smallest absolute Gasteiger partial charge is 0.337 e. The standard InChI is InChI=1S/C22H24N2O5/c1-13(2)29-22(26)19-15(4)24-14(3)18(20(19)16-7-5-9-23-11-16)21(25)28-12-17-8-6-10-27-17/h5-11,13,20,24H,12H2,1-4H3. The Balaban J connectivity index is 1.99. The van der Waals surface area contributed by atoms with Crippen LogP contribution >= 0.6 is 0 Å². The predicted molar refractivity (Wildman–Crippen MR) is 105 cm³/mol. The van der Waals surface area contributed by atoms with Gasteiger partial charge >= 0.3 is 11.9 Å². The summed E-state index contributed by atoms with van der Waals surface area (Å²) in [6, 6.07) is 7.04. The third kappa shape index (κ3) is 4.56. The lowest BCUT2D eigenvalue weighted by atomic mass is 9.81. The van der Waals surface area contributed by atoms with Crippen molar-refractivity contribution in [3.63, 3.8) is 0 Å². The summed E-state index contributed by atoms with van der Waals surface area (Å²) in [4.78, 5) is 30.1. The summed E-state index contributed by atoms with van der Waals surface area (Å²) in [7, 11) is 0. The molecule has 2 aromatic heterocycles. The van der Waals surface area contributed by atoms with E-state index in [1.807, 2.05) is 6.07 Å². The maximum absolute atomic E-state index is 13.0. The number of esters is 2. The second-order valence-electron chi connectivity index (χ2n) is 7.03. The minimum Gasteiger partial charge on any atom is -0.466 e. The maximum atomic E-state index is 13.0. The zero-order valence-corrected chi connectivity index (χ0v) is 16.9. The number of nitrogens with one attached hydrogen (secondary N) is 1. The molecule has 0 radical (unpaired) electrons. The van der Waals surface area contributed by atoms with Crippen molar-refractivity contribution in [2.24, 2.45) is 0 Å². The normalized spacial score (nSPS) is 16.7. The highest BCUT2D eigenvalue weighted by molar-refractivity contribution is 5.99. The van der Waals surface area contributed by atoms with Gasteiger partial charge in [-0.2, -0.15) is 0 Å². The fourth-order valence-electron chi connectivity index (χ4n) is 3.30. The molecular formula is C22H24N2O5. The van der Waals surface area contributed by atoms with E-state index in [2.05, 4.69) is 10.3 Å². The van der Waals surface area contributed by atoms with E-state index in [1.165, 1.54) is 6.26 Å². The Morgan fingerprint density at radius 3 is 2.45 bits per heavy atom. The number of aromatic nitrogens is 1. The average molecular weight is 396 g/mol. The molecule has 1 aliphatic rings. The molecule has 152 valence electrons. The Morgan fingerprint density at radius 1 is 1.14 bits per heavy atom. The number of carbonyl (C=O) groups excluding carboxylic acids is 2. The second kappa shape index (κ2) is 8.77. The highest BCUT2D eigenvalue weighted by Crippen LogP contribution is 2.39. The van der Waals surface area contributed by atoms with Crippen molar-refractivity contribution >= 4 is 11.9 Å². The lowest BCUT2D eigenvalue weighted by Crippen LogP contribution is -2.33. The summed E-state index contributed by atoms with van der Waals surface area (Å²) in [5.74, 6) is -1.14. The van der Waals surface area contributed by atoms with Gasteiger partial charge in [0.1, 0.15) is 12.4 Å². The minimum atomic E-state index is -0.652. The largest absolute Gasteiger partial charge is 0.466 e. The molecule has 0 bridgehead atoms. The molecule has 0 spiro atoms. The van der Waals surface area contributed by atoms with Crippen LogP contribution in [0.25, 0.3) is 0 Å². The number of pyridine rings is 1. The summed E-state index contributed by atoms with van der Waals surface area (Å²) >= 11 is 0. The molecule has 0 amide bonds. The van der Waals surface area contributed by atoms with Crippen molar-refractivity contribution < 1.29 is 23.5 Å².